The van der Waals surface area contributed by atoms with E-state index in [-0.39, 0.29) is 29.7 Å². The maximum Gasteiger partial charge on any atom is 0.168 e. The molecule has 0 radical (unpaired) electrons. The van der Waals surface area contributed by atoms with E-state index in [0.29, 0.717) is 5.75 Å². The Morgan fingerprint density at radius 3 is 2.61 bits per heavy atom. The van der Waals surface area contributed by atoms with Crippen LogP contribution < -0.4 is 10.1 Å². The lowest BCUT2D eigenvalue weighted by Crippen LogP contribution is -2.32. The van der Waals surface area contributed by atoms with Gasteiger partial charge in [0.2, 0.25) is 0 Å². The maximum atomic E-state index is 13.7. The van der Waals surface area contributed by atoms with E-state index in [9.17, 15) is 9.18 Å². The number of ether oxygens (including phenoxy) is 1. The molecule has 1 aliphatic rings. The summed E-state index contributed by atoms with van der Waals surface area (Å²) in [5.74, 6) is -0.206. The summed E-state index contributed by atoms with van der Waals surface area (Å²) in [5.41, 5.74) is 0.178. The van der Waals surface area contributed by atoms with Crippen LogP contribution in [0, 0.1) is 11.7 Å². The van der Waals surface area contributed by atoms with Gasteiger partial charge in [-0.2, -0.15) is 0 Å². The Morgan fingerprint density at radius 1 is 1.39 bits per heavy atom. The van der Waals surface area contributed by atoms with Crippen molar-refractivity contribution in [2.45, 2.75) is 12.8 Å². The van der Waals surface area contributed by atoms with Crippen LogP contribution in [-0.2, 0) is 0 Å². The van der Waals surface area contributed by atoms with E-state index < -0.39 is 5.82 Å². The molecule has 2 rings (SSSR count). The van der Waals surface area contributed by atoms with E-state index in [1.165, 1.54) is 19.2 Å². The topological polar surface area (TPSA) is 38.3 Å². The second-order valence-corrected chi connectivity index (χ2v) is 4.23. The Morgan fingerprint density at radius 2 is 2.06 bits per heavy atom. The summed E-state index contributed by atoms with van der Waals surface area (Å²) < 4.78 is 18.6. The molecule has 1 aliphatic heterocycles. The largest absolute Gasteiger partial charge is 0.497 e. The number of Topliss-reactive ketones (excluding diaryl/α,β-unsaturated/α-hetero) is 1. The molecule has 3 nitrogen and oxygen atoms in total. The van der Waals surface area contributed by atoms with Gasteiger partial charge in [-0.3, -0.25) is 4.79 Å². The van der Waals surface area contributed by atoms with Gasteiger partial charge in [-0.15, -0.1) is 12.4 Å². The van der Waals surface area contributed by atoms with Crippen molar-refractivity contribution in [3.05, 3.63) is 29.6 Å². The molecule has 1 heterocycles. The minimum absolute atomic E-state index is 0. The lowest BCUT2D eigenvalue weighted by Gasteiger charge is -2.21. The van der Waals surface area contributed by atoms with Gasteiger partial charge in [-0.05, 0) is 38.1 Å². The zero-order chi connectivity index (χ0) is 12.3. The van der Waals surface area contributed by atoms with Crippen LogP contribution >= 0.6 is 12.4 Å². The number of piperidine rings is 1. The Hall–Kier alpha value is -1.13. The molecule has 0 unspecified atom stereocenters. The molecule has 1 aromatic rings. The molecule has 1 saturated heterocycles. The normalized spacial score (nSPS) is 15.9. The van der Waals surface area contributed by atoms with Crippen molar-refractivity contribution in [3.63, 3.8) is 0 Å². The maximum absolute atomic E-state index is 13.7. The van der Waals surface area contributed by atoms with Crippen molar-refractivity contribution in [1.29, 1.82) is 0 Å². The van der Waals surface area contributed by atoms with Gasteiger partial charge in [0.25, 0.3) is 0 Å². The number of carbonyl (C=O) groups excluding carboxylic acids is 1. The Labute approximate surface area is 112 Å². The van der Waals surface area contributed by atoms with Crippen LogP contribution in [0.2, 0.25) is 0 Å². The smallest absolute Gasteiger partial charge is 0.168 e. The molecular weight excluding hydrogens is 257 g/mol. The summed E-state index contributed by atoms with van der Waals surface area (Å²) in [5, 5.41) is 3.19. The molecule has 1 N–H and O–H groups in total. The second-order valence-electron chi connectivity index (χ2n) is 4.23. The summed E-state index contributed by atoms with van der Waals surface area (Å²) in [6, 6.07) is 4.39. The lowest BCUT2D eigenvalue weighted by molar-refractivity contribution is 0.0891. The van der Waals surface area contributed by atoms with Crippen LogP contribution in [0.5, 0.6) is 5.75 Å². The summed E-state index contributed by atoms with van der Waals surface area (Å²) in [7, 11) is 1.48. The van der Waals surface area contributed by atoms with Gasteiger partial charge in [-0.1, -0.05) is 0 Å². The highest BCUT2D eigenvalue weighted by molar-refractivity contribution is 5.98. The second kappa shape index (κ2) is 6.71. The van der Waals surface area contributed by atoms with Crippen LogP contribution in [0.1, 0.15) is 23.2 Å². The number of nitrogens with one attached hydrogen (secondary N) is 1. The third kappa shape index (κ3) is 3.21. The van der Waals surface area contributed by atoms with Crippen LogP contribution in [0.3, 0.4) is 0 Å². The van der Waals surface area contributed by atoms with Crippen LogP contribution in [0.15, 0.2) is 18.2 Å². The third-order valence-corrected chi connectivity index (χ3v) is 3.15. The summed E-state index contributed by atoms with van der Waals surface area (Å²) in [6.45, 7) is 1.66. The average molecular weight is 274 g/mol. The monoisotopic (exact) mass is 273 g/mol. The first kappa shape index (κ1) is 14.9. The molecule has 5 heteroatoms. The quantitative estimate of drug-likeness (QED) is 0.860. The number of ketones is 1. The minimum Gasteiger partial charge on any atom is -0.497 e. The lowest BCUT2D eigenvalue weighted by atomic mass is 9.89. The van der Waals surface area contributed by atoms with Crippen molar-refractivity contribution in [1.82, 2.24) is 5.32 Å². The standard InChI is InChI=1S/C13H16FNO2.ClH/c1-17-10-2-3-11(12(14)8-10)13(16)9-4-6-15-7-5-9;/h2-3,8-9,15H,4-7H2,1H3;1H. The Kier molecular flexibility index (Phi) is 5.56. The number of methoxy groups -OCH3 is 1. The van der Waals surface area contributed by atoms with Gasteiger partial charge in [0.1, 0.15) is 11.6 Å². The fourth-order valence-electron chi connectivity index (χ4n) is 2.13. The molecule has 0 spiro atoms. The number of benzene rings is 1. The number of rotatable bonds is 3. The zero-order valence-electron chi connectivity index (χ0n) is 10.2. The van der Waals surface area contributed by atoms with E-state index in [4.69, 9.17) is 4.74 Å². The van der Waals surface area contributed by atoms with E-state index >= 15 is 0 Å². The number of carbonyl (C=O) groups is 1. The highest BCUT2D eigenvalue weighted by Gasteiger charge is 2.24. The molecule has 0 amide bonds. The minimum atomic E-state index is -0.493. The van der Waals surface area contributed by atoms with Crippen molar-refractivity contribution >= 4 is 18.2 Å². The van der Waals surface area contributed by atoms with Crippen LogP contribution in [0.25, 0.3) is 0 Å². The zero-order valence-corrected chi connectivity index (χ0v) is 11.1. The fourth-order valence-corrected chi connectivity index (χ4v) is 2.13. The highest BCUT2D eigenvalue weighted by atomic mass is 35.5. The SMILES string of the molecule is COc1ccc(C(=O)C2CCNCC2)c(F)c1.Cl. The number of hydrogen-bond acceptors (Lipinski definition) is 3. The number of hydrogen-bond donors (Lipinski definition) is 1. The first-order valence-electron chi connectivity index (χ1n) is 5.81. The molecular formula is C13H17ClFNO2. The molecule has 0 atom stereocenters. The van der Waals surface area contributed by atoms with E-state index in [1.807, 2.05) is 0 Å². The van der Waals surface area contributed by atoms with Crippen LogP contribution in [-0.4, -0.2) is 26.0 Å². The van der Waals surface area contributed by atoms with Crippen molar-refractivity contribution in [3.8, 4) is 5.75 Å². The van der Waals surface area contributed by atoms with Gasteiger partial charge in [0, 0.05) is 12.0 Å². The molecule has 18 heavy (non-hydrogen) atoms. The van der Waals surface area contributed by atoms with Crippen LogP contribution in [0.4, 0.5) is 4.39 Å². The predicted octanol–water partition coefficient (Wildman–Crippen LogP) is 2.44. The first-order chi connectivity index (χ1) is 8.22. The molecule has 0 bridgehead atoms. The van der Waals surface area contributed by atoms with Gasteiger partial charge >= 0.3 is 0 Å². The molecule has 100 valence electrons. The van der Waals surface area contributed by atoms with Crippen molar-refractivity contribution in [2.24, 2.45) is 5.92 Å². The van der Waals surface area contributed by atoms with Crippen molar-refractivity contribution in [2.75, 3.05) is 20.2 Å². The Balaban J connectivity index is 0.00000162. The van der Waals surface area contributed by atoms with E-state index in [1.54, 1.807) is 6.07 Å². The Bertz CT molecular complexity index is 419. The summed E-state index contributed by atoms with van der Waals surface area (Å²) in [6.07, 6.45) is 1.56. The predicted molar refractivity (Wildman–Crippen MR) is 70.1 cm³/mol. The summed E-state index contributed by atoms with van der Waals surface area (Å²) >= 11 is 0. The van der Waals surface area contributed by atoms with E-state index in [2.05, 4.69) is 5.32 Å². The molecule has 1 fully saturated rings. The third-order valence-electron chi connectivity index (χ3n) is 3.15. The van der Waals surface area contributed by atoms with Gasteiger partial charge in [-0.25, -0.2) is 4.39 Å². The van der Waals surface area contributed by atoms with Crippen molar-refractivity contribution < 1.29 is 13.9 Å². The fraction of sp³-hybridized carbons (Fsp3) is 0.462. The van der Waals surface area contributed by atoms with Gasteiger partial charge < -0.3 is 10.1 Å². The summed E-state index contributed by atoms with van der Waals surface area (Å²) in [4.78, 5) is 12.1. The highest BCUT2D eigenvalue weighted by Crippen LogP contribution is 2.22. The molecule has 0 aliphatic carbocycles. The van der Waals surface area contributed by atoms with E-state index in [0.717, 1.165) is 25.9 Å². The van der Waals surface area contributed by atoms with Gasteiger partial charge in [0.05, 0.1) is 12.7 Å². The van der Waals surface area contributed by atoms with Gasteiger partial charge in [0.15, 0.2) is 5.78 Å². The number of halogens is 2. The molecule has 0 aromatic heterocycles. The molecule has 1 aromatic carbocycles. The average Bonchev–Trinajstić information content (AvgIpc) is 2.39. The first-order valence-corrected chi connectivity index (χ1v) is 5.81. The molecule has 0 saturated carbocycles.